The topological polar surface area (TPSA) is 37.4 Å². The molecule has 2 aliphatic rings. The lowest BCUT2D eigenvalue weighted by atomic mass is 9.77. The first-order valence-electron chi connectivity index (χ1n) is 8.75. The van der Waals surface area contributed by atoms with Gasteiger partial charge in [0, 0.05) is 45.8 Å². The normalized spacial score (nSPS) is 20.1. The molecule has 1 amide bonds. The van der Waals surface area contributed by atoms with Crippen molar-refractivity contribution in [3.8, 4) is 0 Å². The van der Waals surface area contributed by atoms with Crippen molar-refractivity contribution in [2.45, 2.75) is 31.6 Å². The number of Topliss-reactive ketones (excluding diaryl/α,β-unsaturated/α-hetero) is 1. The summed E-state index contributed by atoms with van der Waals surface area (Å²) in [5.74, 6) is -0.859. The number of benzene rings is 2. The number of hydrogen-bond donors (Lipinski definition) is 0. The Kier molecular flexibility index (Phi) is 4.79. The Balaban J connectivity index is 1.87. The Labute approximate surface area is 166 Å². The molecule has 0 bridgehead atoms. The first-order valence-corrected chi connectivity index (χ1v) is 9.51. The molecule has 2 aromatic carbocycles. The van der Waals surface area contributed by atoms with Crippen molar-refractivity contribution in [3.63, 3.8) is 0 Å². The van der Waals surface area contributed by atoms with Crippen molar-refractivity contribution in [1.82, 2.24) is 0 Å². The first-order chi connectivity index (χ1) is 13.0. The molecule has 0 saturated carbocycles. The third kappa shape index (κ3) is 3.28. The molecule has 2 aromatic rings. The van der Waals surface area contributed by atoms with E-state index in [1.165, 1.54) is 12.1 Å². The molecular formula is C21H16Cl2FNO2. The summed E-state index contributed by atoms with van der Waals surface area (Å²) in [5, 5.41) is 0.948. The minimum atomic E-state index is -0.387. The van der Waals surface area contributed by atoms with Crippen LogP contribution < -0.4 is 4.90 Å². The highest BCUT2D eigenvalue weighted by Gasteiger charge is 2.40. The van der Waals surface area contributed by atoms with Crippen molar-refractivity contribution in [3.05, 3.63) is 75.2 Å². The number of carbonyl (C=O) groups excluding carboxylic acids is 2. The van der Waals surface area contributed by atoms with Gasteiger partial charge in [-0.3, -0.25) is 14.5 Å². The largest absolute Gasteiger partial charge is 0.294 e. The fraction of sp³-hybridized carbons (Fsp3) is 0.238. The molecule has 27 heavy (non-hydrogen) atoms. The maximum Gasteiger partial charge on any atom is 0.232 e. The maximum absolute atomic E-state index is 13.3. The summed E-state index contributed by atoms with van der Waals surface area (Å²) in [6.07, 6.45) is 1.88. The van der Waals surface area contributed by atoms with Crippen molar-refractivity contribution in [1.29, 1.82) is 0 Å². The van der Waals surface area contributed by atoms with Gasteiger partial charge in [0.2, 0.25) is 5.91 Å². The summed E-state index contributed by atoms with van der Waals surface area (Å²) in [6, 6.07) is 10.9. The van der Waals surface area contributed by atoms with Crippen LogP contribution in [0.4, 0.5) is 10.1 Å². The molecule has 3 nitrogen and oxygen atoms in total. The molecule has 6 heteroatoms. The molecule has 0 N–H and O–H groups in total. The highest BCUT2D eigenvalue weighted by atomic mass is 35.5. The summed E-state index contributed by atoms with van der Waals surface area (Å²) >= 11 is 12.4. The Morgan fingerprint density at radius 1 is 1.00 bits per heavy atom. The lowest BCUT2D eigenvalue weighted by Crippen LogP contribution is -2.40. The number of nitrogens with zero attached hydrogens (tertiary/aromatic N) is 1. The van der Waals surface area contributed by atoms with Crippen LogP contribution in [0, 0.1) is 5.82 Å². The fourth-order valence-electron chi connectivity index (χ4n) is 3.93. The van der Waals surface area contributed by atoms with Crippen molar-refractivity contribution in [2.24, 2.45) is 0 Å². The van der Waals surface area contributed by atoms with Gasteiger partial charge in [-0.25, -0.2) is 4.39 Å². The van der Waals surface area contributed by atoms with E-state index in [-0.39, 0.29) is 29.8 Å². The maximum atomic E-state index is 13.3. The van der Waals surface area contributed by atoms with Gasteiger partial charge in [0.15, 0.2) is 5.78 Å². The van der Waals surface area contributed by atoms with Crippen LogP contribution in [-0.2, 0) is 9.59 Å². The molecule has 138 valence electrons. The van der Waals surface area contributed by atoms with E-state index in [0.29, 0.717) is 46.3 Å². The van der Waals surface area contributed by atoms with Crippen LogP contribution in [0.25, 0.3) is 0 Å². The molecule has 0 radical (unpaired) electrons. The second-order valence-corrected chi connectivity index (χ2v) is 7.61. The number of amides is 1. The van der Waals surface area contributed by atoms with Gasteiger partial charge in [0.05, 0.1) is 0 Å². The minimum Gasteiger partial charge on any atom is -0.294 e. The quantitative estimate of drug-likeness (QED) is 0.648. The van der Waals surface area contributed by atoms with E-state index >= 15 is 0 Å². The number of allylic oxidation sites excluding steroid dienone is 2. The average molecular weight is 404 g/mol. The van der Waals surface area contributed by atoms with E-state index in [1.807, 2.05) is 0 Å². The van der Waals surface area contributed by atoms with Gasteiger partial charge in [-0.2, -0.15) is 0 Å². The number of rotatable bonds is 2. The zero-order valence-electron chi connectivity index (χ0n) is 14.3. The molecule has 1 heterocycles. The molecule has 1 atom stereocenters. The second kappa shape index (κ2) is 7.10. The Morgan fingerprint density at radius 2 is 1.74 bits per heavy atom. The van der Waals surface area contributed by atoms with Crippen LogP contribution in [0.2, 0.25) is 10.0 Å². The molecule has 0 fully saturated rings. The third-order valence-corrected chi connectivity index (χ3v) is 5.66. The smallest absolute Gasteiger partial charge is 0.232 e. The van der Waals surface area contributed by atoms with Crippen LogP contribution >= 0.6 is 23.2 Å². The Morgan fingerprint density at radius 3 is 2.44 bits per heavy atom. The molecule has 0 spiro atoms. The monoisotopic (exact) mass is 403 g/mol. The van der Waals surface area contributed by atoms with Crippen molar-refractivity contribution in [2.75, 3.05) is 4.90 Å². The number of anilines is 1. The Bertz CT molecular complexity index is 969. The van der Waals surface area contributed by atoms with Crippen LogP contribution in [0.1, 0.15) is 37.2 Å². The number of carbonyl (C=O) groups is 2. The summed E-state index contributed by atoms with van der Waals surface area (Å²) in [6.45, 7) is 0. The summed E-state index contributed by atoms with van der Waals surface area (Å²) in [5.41, 5.74) is 2.64. The predicted octanol–water partition coefficient (Wildman–Crippen LogP) is 5.66. The van der Waals surface area contributed by atoms with Gasteiger partial charge in [-0.15, -0.1) is 0 Å². The zero-order chi connectivity index (χ0) is 19.1. The van der Waals surface area contributed by atoms with Crippen molar-refractivity contribution < 1.29 is 14.0 Å². The van der Waals surface area contributed by atoms with E-state index in [9.17, 15) is 14.0 Å². The molecule has 0 saturated heterocycles. The third-order valence-electron chi connectivity index (χ3n) is 5.10. The molecular weight excluding hydrogens is 388 g/mol. The number of halogens is 3. The van der Waals surface area contributed by atoms with Crippen LogP contribution in [-0.4, -0.2) is 11.7 Å². The zero-order valence-corrected chi connectivity index (χ0v) is 15.9. The molecule has 1 aliphatic carbocycles. The van der Waals surface area contributed by atoms with Gasteiger partial charge in [0.25, 0.3) is 0 Å². The van der Waals surface area contributed by atoms with E-state index in [1.54, 1.807) is 35.2 Å². The second-order valence-electron chi connectivity index (χ2n) is 6.77. The van der Waals surface area contributed by atoms with Crippen LogP contribution in [0.3, 0.4) is 0 Å². The van der Waals surface area contributed by atoms with E-state index in [4.69, 9.17) is 23.2 Å². The van der Waals surface area contributed by atoms with E-state index < -0.39 is 0 Å². The van der Waals surface area contributed by atoms with Crippen LogP contribution in [0.15, 0.2) is 53.7 Å². The summed E-state index contributed by atoms with van der Waals surface area (Å²) in [4.78, 5) is 27.4. The number of hydrogen-bond acceptors (Lipinski definition) is 2. The highest BCUT2D eigenvalue weighted by Crippen LogP contribution is 2.45. The van der Waals surface area contributed by atoms with Gasteiger partial charge < -0.3 is 0 Å². The minimum absolute atomic E-state index is 0.0341. The fourth-order valence-corrected chi connectivity index (χ4v) is 4.47. The standard InChI is InChI=1S/C21H16Cl2FNO2/c22-12-4-9-15(17(23)10-12)16-11-20(27)25(14-7-5-13(24)6-8-14)18-2-1-3-19(26)21(16)18/h4-10,16H,1-3,11H2. The SMILES string of the molecule is O=C1CCCC2=C1C(c1ccc(Cl)cc1Cl)CC(=O)N2c1ccc(F)cc1. The highest BCUT2D eigenvalue weighted by molar-refractivity contribution is 6.35. The van der Waals surface area contributed by atoms with E-state index in [2.05, 4.69) is 0 Å². The first kappa shape index (κ1) is 18.2. The van der Waals surface area contributed by atoms with Gasteiger partial charge >= 0.3 is 0 Å². The lowest BCUT2D eigenvalue weighted by molar-refractivity contribution is -0.119. The summed E-state index contributed by atoms with van der Waals surface area (Å²) < 4.78 is 13.3. The molecule has 0 aromatic heterocycles. The van der Waals surface area contributed by atoms with Crippen LogP contribution in [0.5, 0.6) is 0 Å². The summed E-state index contributed by atoms with van der Waals surface area (Å²) in [7, 11) is 0. The Hall–Kier alpha value is -2.17. The van der Waals surface area contributed by atoms with Gasteiger partial charge in [-0.1, -0.05) is 29.3 Å². The molecule has 4 rings (SSSR count). The predicted molar refractivity (Wildman–Crippen MR) is 104 cm³/mol. The lowest BCUT2D eigenvalue weighted by Gasteiger charge is -2.38. The van der Waals surface area contributed by atoms with E-state index in [0.717, 1.165) is 5.56 Å². The number of ketones is 1. The van der Waals surface area contributed by atoms with Gasteiger partial charge in [0.1, 0.15) is 5.82 Å². The van der Waals surface area contributed by atoms with Gasteiger partial charge in [-0.05, 0) is 54.8 Å². The molecule has 1 aliphatic heterocycles. The molecule has 1 unspecified atom stereocenters. The van der Waals surface area contributed by atoms with Crippen molar-refractivity contribution >= 4 is 40.6 Å². The average Bonchev–Trinajstić information content (AvgIpc) is 2.62.